The lowest BCUT2D eigenvalue weighted by Crippen LogP contribution is -2.19. The number of nitrogens with zero attached hydrogens (tertiary/aromatic N) is 3. The molecule has 2 aromatic rings. The number of hydrogen-bond donors (Lipinski definition) is 1. The second kappa shape index (κ2) is 4.09. The lowest BCUT2D eigenvalue weighted by atomic mass is 10.2. The van der Waals surface area contributed by atoms with E-state index in [-0.39, 0.29) is 0 Å². The maximum atomic E-state index is 5.54. The smallest absolute Gasteiger partial charge is 0.157 e. The molecule has 1 fully saturated rings. The number of nitrogens with one attached hydrogen (secondary N) is 1. The highest BCUT2D eigenvalue weighted by molar-refractivity contribution is 5.45. The zero-order valence-electron chi connectivity index (χ0n) is 8.97. The van der Waals surface area contributed by atoms with Crippen molar-refractivity contribution in [3.8, 4) is 0 Å². The molecule has 84 valence electrons. The van der Waals surface area contributed by atoms with E-state index in [1.807, 2.05) is 18.3 Å². The molecule has 1 atom stereocenters. The van der Waals surface area contributed by atoms with Crippen molar-refractivity contribution in [3.63, 3.8) is 0 Å². The molecule has 0 aliphatic carbocycles. The second-order valence-electron chi connectivity index (χ2n) is 3.96. The summed E-state index contributed by atoms with van der Waals surface area (Å²) >= 11 is 0. The van der Waals surface area contributed by atoms with E-state index in [9.17, 15) is 0 Å². The van der Waals surface area contributed by atoms with Crippen LogP contribution in [0.15, 0.2) is 24.5 Å². The van der Waals surface area contributed by atoms with E-state index < -0.39 is 0 Å². The third-order valence-corrected chi connectivity index (χ3v) is 2.79. The average Bonchev–Trinajstić information content (AvgIpc) is 2.97. The van der Waals surface area contributed by atoms with Crippen LogP contribution in [0.2, 0.25) is 0 Å². The van der Waals surface area contributed by atoms with Crippen LogP contribution in [0.25, 0.3) is 5.65 Å². The van der Waals surface area contributed by atoms with Crippen LogP contribution < -0.4 is 5.32 Å². The fourth-order valence-corrected chi connectivity index (χ4v) is 1.93. The Morgan fingerprint density at radius 3 is 3.38 bits per heavy atom. The van der Waals surface area contributed by atoms with Crippen LogP contribution in [0.4, 0.5) is 5.82 Å². The van der Waals surface area contributed by atoms with Gasteiger partial charge in [0.25, 0.3) is 0 Å². The molecule has 1 unspecified atom stereocenters. The SMILES string of the molecule is c1cc2nc(NCC3CCCO3)ccn2n1. The Balaban J connectivity index is 1.68. The number of anilines is 1. The van der Waals surface area contributed by atoms with Gasteiger partial charge < -0.3 is 10.1 Å². The lowest BCUT2D eigenvalue weighted by Gasteiger charge is -2.10. The minimum absolute atomic E-state index is 0.336. The number of hydrogen-bond acceptors (Lipinski definition) is 4. The predicted molar refractivity (Wildman–Crippen MR) is 60.5 cm³/mol. The molecule has 1 aliphatic heterocycles. The summed E-state index contributed by atoms with van der Waals surface area (Å²) in [6, 6.07) is 3.81. The molecule has 0 bridgehead atoms. The molecule has 1 N–H and O–H groups in total. The second-order valence-corrected chi connectivity index (χ2v) is 3.96. The van der Waals surface area contributed by atoms with Gasteiger partial charge in [0.2, 0.25) is 0 Å². The van der Waals surface area contributed by atoms with Crippen molar-refractivity contribution in [2.75, 3.05) is 18.5 Å². The minimum atomic E-state index is 0.336. The molecule has 3 rings (SSSR count). The van der Waals surface area contributed by atoms with Gasteiger partial charge in [-0.2, -0.15) is 5.10 Å². The molecule has 16 heavy (non-hydrogen) atoms. The average molecular weight is 218 g/mol. The van der Waals surface area contributed by atoms with E-state index >= 15 is 0 Å². The molecule has 3 heterocycles. The van der Waals surface area contributed by atoms with Crippen molar-refractivity contribution in [1.82, 2.24) is 14.6 Å². The van der Waals surface area contributed by atoms with Gasteiger partial charge in [-0.15, -0.1) is 0 Å². The van der Waals surface area contributed by atoms with Gasteiger partial charge >= 0.3 is 0 Å². The maximum absolute atomic E-state index is 5.54. The van der Waals surface area contributed by atoms with Gasteiger partial charge in [-0.1, -0.05) is 0 Å². The van der Waals surface area contributed by atoms with Gasteiger partial charge in [0.1, 0.15) is 5.82 Å². The fourth-order valence-electron chi connectivity index (χ4n) is 1.93. The van der Waals surface area contributed by atoms with Crippen molar-refractivity contribution in [2.24, 2.45) is 0 Å². The van der Waals surface area contributed by atoms with Gasteiger partial charge in [0.15, 0.2) is 5.65 Å². The van der Waals surface area contributed by atoms with E-state index in [1.54, 1.807) is 10.7 Å². The van der Waals surface area contributed by atoms with Gasteiger partial charge in [-0.3, -0.25) is 0 Å². The predicted octanol–water partition coefficient (Wildman–Crippen LogP) is 1.32. The minimum Gasteiger partial charge on any atom is -0.376 e. The largest absolute Gasteiger partial charge is 0.376 e. The molecule has 0 saturated carbocycles. The van der Waals surface area contributed by atoms with Crippen LogP contribution in [0, 0.1) is 0 Å². The summed E-state index contributed by atoms with van der Waals surface area (Å²) in [5.41, 5.74) is 0.859. The van der Waals surface area contributed by atoms with Crippen molar-refractivity contribution in [1.29, 1.82) is 0 Å². The first-order valence-electron chi connectivity index (χ1n) is 5.58. The molecule has 5 nitrogen and oxygen atoms in total. The Kier molecular flexibility index (Phi) is 2.46. The zero-order chi connectivity index (χ0) is 10.8. The van der Waals surface area contributed by atoms with E-state index in [0.29, 0.717) is 6.10 Å². The summed E-state index contributed by atoms with van der Waals surface area (Å²) in [6.45, 7) is 1.72. The van der Waals surface area contributed by atoms with Crippen LogP contribution in [0.5, 0.6) is 0 Å². The molecule has 5 heteroatoms. The monoisotopic (exact) mass is 218 g/mol. The summed E-state index contributed by atoms with van der Waals surface area (Å²) < 4.78 is 7.29. The Bertz CT molecular complexity index is 476. The highest BCUT2D eigenvalue weighted by Gasteiger charge is 2.14. The third kappa shape index (κ3) is 1.86. The molecule has 0 aromatic carbocycles. The Hall–Kier alpha value is -1.62. The molecule has 0 spiro atoms. The van der Waals surface area contributed by atoms with Crippen LogP contribution in [-0.2, 0) is 4.74 Å². The molecule has 1 saturated heterocycles. The molecular weight excluding hydrogens is 204 g/mol. The molecule has 2 aromatic heterocycles. The first-order valence-corrected chi connectivity index (χ1v) is 5.58. The summed E-state index contributed by atoms with van der Waals surface area (Å²) in [6.07, 6.45) is 6.29. The van der Waals surface area contributed by atoms with E-state index in [0.717, 1.165) is 31.0 Å². The topological polar surface area (TPSA) is 51.5 Å². The standard InChI is InChI=1S/C11H14N4O/c1-2-9(16-7-1)8-12-10-4-6-15-11(14-10)3-5-13-15/h3-6,9H,1-2,7-8H2,(H,12,14). The number of rotatable bonds is 3. The Morgan fingerprint density at radius 2 is 2.50 bits per heavy atom. The van der Waals surface area contributed by atoms with Crippen LogP contribution >= 0.6 is 0 Å². The summed E-state index contributed by atoms with van der Waals surface area (Å²) in [5, 5.41) is 7.39. The van der Waals surface area contributed by atoms with Gasteiger partial charge in [-0.05, 0) is 18.9 Å². The quantitative estimate of drug-likeness (QED) is 0.844. The summed E-state index contributed by atoms with van der Waals surface area (Å²) in [7, 11) is 0. The Labute approximate surface area is 93.4 Å². The highest BCUT2D eigenvalue weighted by Crippen LogP contribution is 2.13. The van der Waals surface area contributed by atoms with E-state index in [4.69, 9.17) is 4.74 Å². The van der Waals surface area contributed by atoms with Gasteiger partial charge in [0.05, 0.1) is 12.3 Å². The molecule has 0 amide bonds. The van der Waals surface area contributed by atoms with Crippen LogP contribution in [-0.4, -0.2) is 33.9 Å². The van der Waals surface area contributed by atoms with Crippen molar-refractivity contribution >= 4 is 11.5 Å². The van der Waals surface area contributed by atoms with Gasteiger partial charge in [0, 0.05) is 25.4 Å². The first kappa shape index (κ1) is 9.59. The van der Waals surface area contributed by atoms with Crippen LogP contribution in [0.3, 0.4) is 0 Å². The fraction of sp³-hybridized carbons (Fsp3) is 0.455. The van der Waals surface area contributed by atoms with Crippen molar-refractivity contribution in [2.45, 2.75) is 18.9 Å². The number of fused-ring (bicyclic) bond motifs is 1. The summed E-state index contributed by atoms with van der Waals surface area (Å²) in [5.74, 6) is 0.878. The zero-order valence-corrected chi connectivity index (χ0v) is 8.97. The third-order valence-electron chi connectivity index (χ3n) is 2.79. The lowest BCUT2D eigenvalue weighted by molar-refractivity contribution is 0.120. The molecule has 1 aliphatic rings. The highest BCUT2D eigenvalue weighted by atomic mass is 16.5. The normalized spacial score (nSPS) is 20.4. The first-order chi connectivity index (χ1) is 7.92. The van der Waals surface area contributed by atoms with Crippen molar-refractivity contribution in [3.05, 3.63) is 24.5 Å². The summed E-state index contributed by atoms with van der Waals surface area (Å²) in [4.78, 5) is 4.43. The molecule has 0 radical (unpaired) electrons. The van der Waals surface area contributed by atoms with Crippen LogP contribution in [0.1, 0.15) is 12.8 Å². The number of aromatic nitrogens is 3. The van der Waals surface area contributed by atoms with Gasteiger partial charge in [-0.25, -0.2) is 9.50 Å². The van der Waals surface area contributed by atoms with E-state index in [1.165, 1.54) is 6.42 Å². The Morgan fingerprint density at radius 1 is 1.50 bits per heavy atom. The van der Waals surface area contributed by atoms with Crippen molar-refractivity contribution < 1.29 is 4.74 Å². The number of ether oxygens (including phenoxy) is 1. The molecular formula is C11H14N4O. The maximum Gasteiger partial charge on any atom is 0.157 e. The van der Waals surface area contributed by atoms with E-state index in [2.05, 4.69) is 15.4 Å².